The van der Waals surface area contributed by atoms with Crippen molar-refractivity contribution in [1.29, 1.82) is 0 Å². The fraction of sp³-hybridized carbons (Fsp3) is 0.222. The number of aryl methyl sites for hydroxylation is 1. The Hall–Kier alpha value is -2.25. The van der Waals surface area contributed by atoms with Crippen LogP contribution in [0.2, 0.25) is 0 Å². The molecule has 1 aliphatic rings. The van der Waals surface area contributed by atoms with Gasteiger partial charge < -0.3 is 10.1 Å². The molecule has 0 unspecified atom stereocenters. The number of anilines is 1. The molecule has 25 heavy (non-hydrogen) atoms. The molecule has 0 bridgehead atoms. The highest BCUT2D eigenvalue weighted by atomic mass is 32.2. The van der Waals surface area contributed by atoms with E-state index < -0.39 is 0 Å². The number of fused-ring (bicyclic) bond motifs is 1. The van der Waals surface area contributed by atoms with Crippen LogP contribution < -0.4 is 10.1 Å². The number of hydrogen-bond donors (Lipinski definition) is 1. The van der Waals surface area contributed by atoms with Crippen molar-refractivity contribution >= 4 is 34.8 Å². The molecule has 0 fully saturated rings. The summed E-state index contributed by atoms with van der Waals surface area (Å²) in [6.45, 7) is 1.99. The van der Waals surface area contributed by atoms with Crippen LogP contribution in [-0.2, 0) is 11.5 Å². The fourth-order valence-electron chi connectivity index (χ4n) is 2.77. The molecule has 5 nitrogen and oxygen atoms in total. The maximum atomic E-state index is 12.6. The first-order valence-corrected chi connectivity index (χ1v) is 9.88. The lowest BCUT2D eigenvalue weighted by molar-refractivity contribution is 0.102. The standard InChI is InChI=1S/C18H17N3O2S2/c1-11-7-16(25-8-11)18(22)19-17-14-9-24-10-15(14)20-21(17)12-3-5-13(23-2)6-4-12/h3-8H,9-10H2,1-2H3,(H,19,22). The summed E-state index contributed by atoms with van der Waals surface area (Å²) >= 11 is 3.27. The minimum atomic E-state index is -0.0903. The average Bonchev–Trinajstić information content (AvgIpc) is 3.32. The lowest BCUT2D eigenvalue weighted by Gasteiger charge is -2.11. The second-order valence-electron chi connectivity index (χ2n) is 5.82. The SMILES string of the molecule is COc1ccc(-n2nc3c(c2NC(=O)c2cc(C)cs2)CSC3)cc1. The van der Waals surface area contributed by atoms with Crippen molar-refractivity contribution < 1.29 is 9.53 Å². The predicted molar refractivity (Wildman–Crippen MR) is 102 cm³/mol. The summed E-state index contributed by atoms with van der Waals surface area (Å²) in [4.78, 5) is 13.3. The lowest BCUT2D eigenvalue weighted by Crippen LogP contribution is -2.15. The molecule has 0 radical (unpaired) electrons. The van der Waals surface area contributed by atoms with Gasteiger partial charge in [-0.1, -0.05) is 0 Å². The third-order valence-electron chi connectivity index (χ3n) is 4.06. The summed E-state index contributed by atoms with van der Waals surface area (Å²) in [5.41, 5.74) is 4.15. The van der Waals surface area contributed by atoms with Crippen molar-refractivity contribution in [2.45, 2.75) is 18.4 Å². The molecule has 1 aromatic carbocycles. The summed E-state index contributed by atoms with van der Waals surface area (Å²) in [6.07, 6.45) is 0. The van der Waals surface area contributed by atoms with Gasteiger partial charge in [0.05, 0.1) is 23.4 Å². The maximum Gasteiger partial charge on any atom is 0.266 e. The molecular formula is C18H17N3O2S2. The first kappa shape index (κ1) is 16.2. The lowest BCUT2D eigenvalue weighted by atomic mass is 10.2. The molecule has 0 aliphatic carbocycles. The quantitative estimate of drug-likeness (QED) is 0.745. The van der Waals surface area contributed by atoms with Crippen molar-refractivity contribution in [3.8, 4) is 11.4 Å². The van der Waals surface area contributed by atoms with Crippen LogP contribution in [0.4, 0.5) is 5.82 Å². The minimum absolute atomic E-state index is 0.0903. The molecule has 2 aromatic heterocycles. The molecule has 7 heteroatoms. The van der Waals surface area contributed by atoms with Gasteiger partial charge in [0.1, 0.15) is 11.6 Å². The average molecular weight is 371 g/mol. The predicted octanol–water partition coefficient (Wildman–Crippen LogP) is 4.25. The summed E-state index contributed by atoms with van der Waals surface area (Å²) in [5, 5.41) is 9.77. The van der Waals surface area contributed by atoms with Crippen LogP contribution in [0.3, 0.4) is 0 Å². The second kappa shape index (κ2) is 6.57. The van der Waals surface area contributed by atoms with Crippen LogP contribution in [0.25, 0.3) is 5.69 Å². The molecule has 1 N–H and O–H groups in total. The molecule has 0 spiro atoms. The number of nitrogens with one attached hydrogen (secondary N) is 1. The van der Waals surface area contributed by atoms with Gasteiger partial charge in [-0.05, 0) is 48.2 Å². The highest BCUT2D eigenvalue weighted by molar-refractivity contribution is 7.98. The number of thioether (sulfide) groups is 1. The van der Waals surface area contributed by atoms with Crippen molar-refractivity contribution in [2.75, 3.05) is 12.4 Å². The molecule has 4 rings (SSSR count). The first-order chi connectivity index (χ1) is 12.2. The number of carbonyl (C=O) groups excluding carboxylic acids is 1. The van der Waals surface area contributed by atoms with Gasteiger partial charge in [0.15, 0.2) is 0 Å². The van der Waals surface area contributed by atoms with Crippen LogP contribution in [-0.4, -0.2) is 22.8 Å². The molecule has 0 saturated carbocycles. The van der Waals surface area contributed by atoms with E-state index in [1.807, 2.05) is 59.1 Å². The Morgan fingerprint density at radius 3 is 2.76 bits per heavy atom. The van der Waals surface area contributed by atoms with E-state index in [9.17, 15) is 4.79 Å². The van der Waals surface area contributed by atoms with Gasteiger partial charge in [0.25, 0.3) is 5.91 Å². The fourth-order valence-corrected chi connectivity index (χ4v) is 4.60. The summed E-state index contributed by atoms with van der Waals surface area (Å²) in [5.74, 6) is 3.21. The van der Waals surface area contributed by atoms with E-state index >= 15 is 0 Å². The number of benzene rings is 1. The Morgan fingerprint density at radius 1 is 1.28 bits per heavy atom. The van der Waals surface area contributed by atoms with E-state index in [1.54, 1.807) is 7.11 Å². The van der Waals surface area contributed by atoms with Crippen molar-refractivity contribution in [3.05, 3.63) is 57.4 Å². The Balaban J connectivity index is 1.71. The molecule has 3 heterocycles. The van der Waals surface area contributed by atoms with Crippen LogP contribution in [0, 0.1) is 6.92 Å². The number of thiophene rings is 1. The Kier molecular flexibility index (Phi) is 4.27. The molecule has 3 aromatic rings. The number of aromatic nitrogens is 2. The zero-order valence-electron chi connectivity index (χ0n) is 13.9. The van der Waals surface area contributed by atoms with E-state index in [2.05, 4.69) is 5.32 Å². The number of carbonyl (C=O) groups is 1. The summed E-state index contributed by atoms with van der Waals surface area (Å²) < 4.78 is 7.04. The smallest absolute Gasteiger partial charge is 0.266 e. The highest BCUT2D eigenvalue weighted by Gasteiger charge is 2.25. The number of rotatable bonds is 4. The first-order valence-electron chi connectivity index (χ1n) is 7.85. The van der Waals surface area contributed by atoms with Crippen LogP contribution >= 0.6 is 23.1 Å². The van der Waals surface area contributed by atoms with E-state index in [-0.39, 0.29) is 5.91 Å². The zero-order chi connectivity index (χ0) is 17.4. The Bertz CT molecular complexity index is 928. The monoisotopic (exact) mass is 371 g/mol. The van der Waals surface area contributed by atoms with E-state index in [0.717, 1.165) is 45.6 Å². The third-order valence-corrected chi connectivity index (χ3v) is 6.07. The van der Waals surface area contributed by atoms with E-state index in [1.165, 1.54) is 11.3 Å². The number of methoxy groups -OCH3 is 1. The molecule has 1 aliphatic heterocycles. The van der Waals surface area contributed by atoms with Crippen LogP contribution in [0.15, 0.2) is 35.7 Å². The topological polar surface area (TPSA) is 56.1 Å². The second-order valence-corrected chi connectivity index (χ2v) is 7.72. The third kappa shape index (κ3) is 3.05. The number of nitrogens with zero attached hydrogens (tertiary/aromatic N) is 2. The normalized spacial score (nSPS) is 12.9. The molecule has 0 atom stereocenters. The number of amides is 1. The largest absolute Gasteiger partial charge is 0.497 e. The maximum absolute atomic E-state index is 12.6. The molecule has 128 valence electrons. The van der Waals surface area contributed by atoms with Crippen LogP contribution in [0.5, 0.6) is 5.75 Å². The van der Waals surface area contributed by atoms with Crippen molar-refractivity contribution in [3.63, 3.8) is 0 Å². The summed E-state index contributed by atoms with van der Waals surface area (Å²) in [6, 6.07) is 9.58. The summed E-state index contributed by atoms with van der Waals surface area (Å²) in [7, 11) is 1.64. The van der Waals surface area contributed by atoms with Crippen LogP contribution in [0.1, 0.15) is 26.5 Å². The van der Waals surface area contributed by atoms with Crippen molar-refractivity contribution in [1.82, 2.24) is 9.78 Å². The van der Waals surface area contributed by atoms with Gasteiger partial charge >= 0.3 is 0 Å². The number of ether oxygens (including phenoxy) is 1. The molecular weight excluding hydrogens is 354 g/mol. The Morgan fingerprint density at radius 2 is 2.08 bits per heavy atom. The zero-order valence-corrected chi connectivity index (χ0v) is 15.5. The van der Waals surface area contributed by atoms with Gasteiger partial charge in [0, 0.05) is 17.1 Å². The van der Waals surface area contributed by atoms with Gasteiger partial charge in [0.2, 0.25) is 0 Å². The minimum Gasteiger partial charge on any atom is -0.497 e. The van der Waals surface area contributed by atoms with Gasteiger partial charge in [-0.25, -0.2) is 4.68 Å². The van der Waals surface area contributed by atoms with E-state index in [4.69, 9.17) is 9.84 Å². The van der Waals surface area contributed by atoms with Crippen molar-refractivity contribution in [2.24, 2.45) is 0 Å². The highest BCUT2D eigenvalue weighted by Crippen LogP contribution is 2.36. The van der Waals surface area contributed by atoms with Gasteiger partial charge in [-0.3, -0.25) is 4.79 Å². The molecule has 0 saturated heterocycles. The van der Waals surface area contributed by atoms with E-state index in [0.29, 0.717) is 4.88 Å². The Labute approximate surface area is 154 Å². The van der Waals surface area contributed by atoms with Gasteiger partial charge in [-0.15, -0.1) is 11.3 Å². The van der Waals surface area contributed by atoms with Gasteiger partial charge in [-0.2, -0.15) is 16.9 Å². The number of hydrogen-bond acceptors (Lipinski definition) is 5. The molecule has 1 amide bonds.